The Labute approximate surface area is 132 Å². The number of fused-ring (bicyclic) bond motifs is 3. The van der Waals surface area contributed by atoms with Gasteiger partial charge in [0.25, 0.3) is 0 Å². The Morgan fingerprint density at radius 3 is 2.86 bits per heavy atom. The molecule has 0 atom stereocenters. The summed E-state index contributed by atoms with van der Waals surface area (Å²) >= 11 is 7.80. The van der Waals surface area contributed by atoms with E-state index in [0.29, 0.717) is 0 Å². The van der Waals surface area contributed by atoms with Crippen LogP contribution in [0.4, 0.5) is 0 Å². The second-order valence-electron chi connectivity index (χ2n) is 4.47. The SMILES string of the molecule is C=C/C(=C\C=C/C)c1nc(Cl)nc2c1sc1ccccc12. The number of allylic oxidation sites excluding steroid dienone is 5. The van der Waals surface area contributed by atoms with Crippen LogP contribution in [0, 0.1) is 0 Å². The minimum Gasteiger partial charge on any atom is -0.216 e. The number of nitrogens with zero attached hydrogens (tertiary/aromatic N) is 2. The van der Waals surface area contributed by atoms with Crippen molar-refractivity contribution >= 4 is 48.8 Å². The van der Waals surface area contributed by atoms with Gasteiger partial charge in [0.1, 0.15) is 0 Å². The first-order valence-corrected chi connectivity index (χ1v) is 7.74. The predicted octanol–water partition coefficient (Wildman–Crippen LogP) is 5.64. The summed E-state index contributed by atoms with van der Waals surface area (Å²) in [5, 5.41) is 1.37. The molecule has 104 valence electrons. The Kier molecular flexibility index (Phi) is 3.86. The minimum atomic E-state index is 0.259. The second-order valence-corrected chi connectivity index (χ2v) is 5.86. The van der Waals surface area contributed by atoms with E-state index in [1.807, 2.05) is 37.3 Å². The molecule has 0 fully saturated rings. The molecule has 21 heavy (non-hydrogen) atoms. The van der Waals surface area contributed by atoms with E-state index in [0.717, 1.165) is 26.9 Å². The highest BCUT2D eigenvalue weighted by Crippen LogP contribution is 2.37. The van der Waals surface area contributed by atoms with Crippen LogP contribution in [-0.4, -0.2) is 9.97 Å². The van der Waals surface area contributed by atoms with E-state index in [4.69, 9.17) is 11.6 Å². The van der Waals surface area contributed by atoms with E-state index >= 15 is 0 Å². The molecule has 0 unspecified atom stereocenters. The van der Waals surface area contributed by atoms with E-state index < -0.39 is 0 Å². The van der Waals surface area contributed by atoms with Gasteiger partial charge in [0, 0.05) is 15.7 Å². The number of thiophene rings is 1. The summed E-state index contributed by atoms with van der Waals surface area (Å²) in [4.78, 5) is 8.82. The molecular formula is C17H13ClN2S. The van der Waals surface area contributed by atoms with Crippen LogP contribution in [0.25, 0.3) is 25.9 Å². The lowest BCUT2D eigenvalue weighted by Crippen LogP contribution is -1.91. The first-order valence-electron chi connectivity index (χ1n) is 6.55. The molecule has 0 aliphatic heterocycles. The van der Waals surface area contributed by atoms with Crippen LogP contribution in [-0.2, 0) is 0 Å². The fourth-order valence-corrected chi connectivity index (χ4v) is 3.53. The summed E-state index contributed by atoms with van der Waals surface area (Å²) in [5.41, 5.74) is 2.67. The lowest BCUT2D eigenvalue weighted by Gasteiger charge is -2.03. The standard InChI is InChI=1S/C17H13ClN2S/c1-3-5-8-11(4-2)14-16-15(20-17(18)19-14)12-9-6-7-10-13(12)21-16/h3-10H,2H2,1H3/b5-3-,11-8+. The molecule has 4 heteroatoms. The molecule has 1 aromatic carbocycles. The van der Waals surface area contributed by atoms with E-state index in [9.17, 15) is 0 Å². The molecule has 2 heterocycles. The smallest absolute Gasteiger partial charge is 0.216 e. The molecule has 0 saturated heterocycles. The highest BCUT2D eigenvalue weighted by molar-refractivity contribution is 7.26. The second kappa shape index (κ2) is 5.80. The van der Waals surface area contributed by atoms with Crippen molar-refractivity contribution in [2.75, 3.05) is 0 Å². The monoisotopic (exact) mass is 312 g/mol. The van der Waals surface area contributed by atoms with Gasteiger partial charge in [-0.25, -0.2) is 9.97 Å². The van der Waals surface area contributed by atoms with Crippen LogP contribution in [0.2, 0.25) is 5.28 Å². The Balaban J connectivity index is 2.39. The van der Waals surface area contributed by atoms with Gasteiger partial charge < -0.3 is 0 Å². The highest BCUT2D eigenvalue weighted by atomic mass is 35.5. The van der Waals surface area contributed by atoms with Crippen LogP contribution >= 0.6 is 22.9 Å². The van der Waals surface area contributed by atoms with Gasteiger partial charge in [-0.2, -0.15) is 0 Å². The first kappa shape index (κ1) is 14.0. The van der Waals surface area contributed by atoms with Gasteiger partial charge in [-0.15, -0.1) is 11.3 Å². The molecular weight excluding hydrogens is 300 g/mol. The largest absolute Gasteiger partial charge is 0.223 e. The number of aromatic nitrogens is 2. The molecule has 0 N–H and O–H groups in total. The average molecular weight is 313 g/mol. The topological polar surface area (TPSA) is 25.8 Å². The Hall–Kier alpha value is -1.97. The van der Waals surface area contributed by atoms with Crippen molar-refractivity contribution in [2.24, 2.45) is 0 Å². The summed E-state index contributed by atoms with van der Waals surface area (Å²) in [5.74, 6) is 0. The zero-order valence-corrected chi connectivity index (χ0v) is 13.1. The lowest BCUT2D eigenvalue weighted by atomic mass is 10.1. The average Bonchev–Trinajstić information content (AvgIpc) is 2.86. The van der Waals surface area contributed by atoms with E-state index in [1.165, 1.54) is 4.70 Å². The molecule has 3 rings (SSSR count). The van der Waals surface area contributed by atoms with Gasteiger partial charge in [-0.05, 0) is 24.6 Å². The lowest BCUT2D eigenvalue weighted by molar-refractivity contribution is 1.21. The Morgan fingerprint density at radius 2 is 2.10 bits per heavy atom. The Bertz CT molecular complexity index is 890. The van der Waals surface area contributed by atoms with Gasteiger partial charge in [-0.3, -0.25) is 0 Å². The van der Waals surface area contributed by atoms with Gasteiger partial charge in [0.15, 0.2) is 0 Å². The number of hydrogen-bond acceptors (Lipinski definition) is 3. The number of benzene rings is 1. The van der Waals surface area contributed by atoms with Crippen LogP contribution in [0.1, 0.15) is 12.6 Å². The molecule has 0 saturated carbocycles. The maximum Gasteiger partial charge on any atom is 0.223 e. The number of halogens is 1. The summed E-state index contributed by atoms with van der Waals surface area (Å²) in [7, 11) is 0. The third-order valence-electron chi connectivity index (χ3n) is 3.15. The van der Waals surface area contributed by atoms with Crippen LogP contribution < -0.4 is 0 Å². The zero-order valence-electron chi connectivity index (χ0n) is 11.5. The maximum atomic E-state index is 6.12. The van der Waals surface area contributed by atoms with Crippen molar-refractivity contribution in [3.05, 3.63) is 66.1 Å². The molecule has 0 aliphatic carbocycles. The minimum absolute atomic E-state index is 0.259. The predicted molar refractivity (Wildman–Crippen MR) is 92.9 cm³/mol. The highest BCUT2D eigenvalue weighted by Gasteiger charge is 2.14. The molecule has 0 radical (unpaired) electrons. The fraction of sp³-hybridized carbons (Fsp3) is 0.0588. The molecule has 3 aromatic rings. The molecule has 0 bridgehead atoms. The van der Waals surface area contributed by atoms with Crippen LogP contribution in [0.5, 0.6) is 0 Å². The van der Waals surface area contributed by atoms with E-state index in [-0.39, 0.29) is 5.28 Å². The maximum absolute atomic E-state index is 6.12. The van der Waals surface area contributed by atoms with Crippen LogP contribution in [0.3, 0.4) is 0 Å². The summed E-state index contributed by atoms with van der Waals surface area (Å²) < 4.78 is 2.22. The summed E-state index contributed by atoms with van der Waals surface area (Å²) in [6.45, 7) is 5.85. The number of rotatable bonds is 3. The Morgan fingerprint density at radius 1 is 1.29 bits per heavy atom. The van der Waals surface area contributed by atoms with E-state index in [1.54, 1.807) is 17.4 Å². The van der Waals surface area contributed by atoms with Crippen molar-refractivity contribution in [1.29, 1.82) is 0 Å². The normalized spacial score (nSPS) is 12.6. The summed E-state index contributed by atoms with van der Waals surface area (Å²) in [6, 6.07) is 8.18. The van der Waals surface area contributed by atoms with Crippen LogP contribution in [0.15, 0.2) is 55.1 Å². The first-order chi connectivity index (χ1) is 10.2. The fourth-order valence-electron chi connectivity index (χ4n) is 2.20. The van der Waals surface area contributed by atoms with Crippen molar-refractivity contribution in [2.45, 2.75) is 6.92 Å². The van der Waals surface area contributed by atoms with Gasteiger partial charge in [0.2, 0.25) is 5.28 Å². The quantitative estimate of drug-likeness (QED) is 0.462. The number of hydrogen-bond donors (Lipinski definition) is 0. The van der Waals surface area contributed by atoms with Gasteiger partial charge >= 0.3 is 0 Å². The van der Waals surface area contributed by atoms with Crippen molar-refractivity contribution in [3.8, 4) is 0 Å². The van der Waals surface area contributed by atoms with E-state index in [2.05, 4.69) is 28.7 Å². The molecule has 0 amide bonds. The third-order valence-corrected chi connectivity index (χ3v) is 4.49. The van der Waals surface area contributed by atoms with Gasteiger partial charge in [0.05, 0.1) is 15.9 Å². The van der Waals surface area contributed by atoms with Gasteiger partial charge in [-0.1, -0.05) is 49.1 Å². The molecule has 2 aromatic heterocycles. The van der Waals surface area contributed by atoms with Crippen molar-refractivity contribution in [1.82, 2.24) is 9.97 Å². The van der Waals surface area contributed by atoms with Crippen molar-refractivity contribution in [3.63, 3.8) is 0 Å². The third kappa shape index (κ3) is 2.50. The van der Waals surface area contributed by atoms with Crippen molar-refractivity contribution < 1.29 is 0 Å². The zero-order chi connectivity index (χ0) is 14.8. The molecule has 0 aliphatic rings. The molecule has 2 nitrogen and oxygen atoms in total. The summed E-state index contributed by atoms with van der Waals surface area (Å²) in [6.07, 6.45) is 7.71. The molecule has 0 spiro atoms.